The zero-order valence-corrected chi connectivity index (χ0v) is 12.8. The summed E-state index contributed by atoms with van der Waals surface area (Å²) in [6.45, 7) is 1.77. The molecule has 0 aliphatic heterocycles. The molecule has 2 aromatic heterocycles. The predicted octanol–water partition coefficient (Wildman–Crippen LogP) is 3.65. The van der Waals surface area contributed by atoms with E-state index in [-0.39, 0.29) is 12.0 Å². The zero-order chi connectivity index (χ0) is 17.3. The Morgan fingerprint density at radius 2 is 2.04 bits per heavy atom. The first kappa shape index (κ1) is 16.2. The van der Waals surface area contributed by atoms with Crippen LogP contribution in [0.3, 0.4) is 0 Å². The van der Waals surface area contributed by atoms with Gasteiger partial charge in [-0.1, -0.05) is 11.2 Å². The molecule has 1 atom stereocenters. The van der Waals surface area contributed by atoms with Gasteiger partial charge in [-0.15, -0.1) is 0 Å². The first-order chi connectivity index (χ1) is 11.4. The summed E-state index contributed by atoms with van der Waals surface area (Å²) < 4.78 is 49.4. The lowest BCUT2D eigenvalue weighted by Crippen LogP contribution is -2.07. The molecule has 1 aromatic carbocycles. The fraction of sp³-hybridized carbons (Fsp3) is 0.267. The summed E-state index contributed by atoms with van der Waals surface area (Å²) in [6, 6.07) is 7.54. The van der Waals surface area contributed by atoms with E-state index < -0.39 is 11.9 Å². The molecule has 3 aromatic rings. The Hall–Kier alpha value is -2.68. The van der Waals surface area contributed by atoms with E-state index in [2.05, 4.69) is 15.2 Å². The van der Waals surface area contributed by atoms with Gasteiger partial charge in [0.05, 0.1) is 5.69 Å². The van der Waals surface area contributed by atoms with Crippen molar-refractivity contribution < 1.29 is 22.4 Å². The molecule has 2 heterocycles. The molecular weight excluding hydrogens is 325 g/mol. The maximum absolute atomic E-state index is 12.7. The lowest BCUT2D eigenvalue weighted by atomic mass is 10.2. The Morgan fingerprint density at radius 3 is 2.71 bits per heavy atom. The number of alkyl halides is 3. The number of benzene rings is 1. The molecule has 0 aliphatic carbocycles. The largest absolute Gasteiger partial charge is 0.435 e. The standard InChI is InChI=1S/C15H13F3N4O2/c1-9(23-2)13-19-14(24-21-13)10-4-3-5-11(8-10)22-7-6-12(20-22)15(16,17)18/h3-9H,1-2H3/t9-/m0/s1. The van der Waals surface area contributed by atoms with E-state index in [1.54, 1.807) is 31.2 Å². The van der Waals surface area contributed by atoms with Crippen LogP contribution in [0.1, 0.15) is 24.5 Å². The molecule has 0 bridgehead atoms. The van der Waals surface area contributed by atoms with E-state index in [1.165, 1.54) is 13.3 Å². The lowest BCUT2D eigenvalue weighted by Gasteiger charge is -2.04. The van der Waals surface area contributed by atoms with E-state index in [1.807, 2.05) is 0 Å². The van der Waals surface area contributed by atoms with Crippen LogP contribution in [0, 0.1) is 0 Å². The molecule has 126 valence electrons. The highest BCUT2D eigenvalue weighted by Gasteiger charge is 2.33. The van der Waals surface area contributed by atoms with Gasteiger partial charge in [0.15, 0.2) is 5.69 Å². The monoisotopic (exact) mass is 338 g/mol. The molecule has 6 nitrogen and oxygen atoms in total. The molecule has 9 heteroatoms. The fourth-order valence-corrected chi connectivity index (χ4v) is 2.02. The van der Waals surface area contributed by atoms with Crippen LogP contribution in [0.5, 0.6) is 0 Å². The molecular formula is C15H13F3N4O2. The van der Waals surface area contributed by atoms with Gasteiger partial charge in [0, 0.05) is 18.9 Å². The molecule has 0 N–H and O–H groups in total. The fourth-order valence-electron chi connectivity index (χ4n) is 2.02. The first-order valence-electron chi connectivity index (χ1n) is 6.98. The third-order valence-corrected chi connectivity index (χ3v) is 3.40. The minimum atomic E-state index is -4.49. The van der Waals surface area contributed by atoms with Gasteiger partial charge in [0.2, 0.25) is 5.82 Å². The van der Waals surface area contributed by atoms with Crippen molar-refractivity contribution in [3.05, 3.63) is 48.0 Å². The molecule has 0 saturated carbocycles. The van der Waals surface area contributed by atoms with Crippen LogP contribution >= 0.6 is 0 Å². The van der Waals surface area contributed by atoms with Crippen molar-refractivity contribution in [1.82, 2.24) is 19.9 Å². The third-order valence-electron chi connectivity index (χ3n) is 3.40. The summed E-state index contributed by atoms with van der Waals surface area (Å²) in [5.41, 5.74) is 0.0584. The van der Waals surface area contributed by atoms with E-state index in [0.717, 1.165) is 10.7 Å². The third kappa shape index (κ3) is 3.16. The van der Waals surface area contributed by atoms with Crippen molar-refractivity contribution in [3.63, 3.8) is 0 Å². The van der Waals surface area contributed by atoms with Crippen LogP contribution in [0.25, 0.3) is 17.1 Å². The number of methoxy groups -OCH3 is 1. The van der Waals surface area contributed by atoms with Crippen LogP contribution in [0.2, 0.25) is 0 Å². The van der Waals surface area contributed by atoms with Gasteiger partial charge in [-0.2, -0.15) is 23.3 Å². The lowest BCUT2D eigenvalue weighted by molar-refractivity contribution is -0.141. The summed E-state index contributed by atoms with van der Waals surface area (Å²) in [5.74, 6) is 0.635. The molecule has 0 amide bonds. The van der Waals surface area contributed by atoms with Gasteiger partial charge < -0.3 is 9.26 Å². The smallest absolute Gasteiger partial charge is 0.374 e. The summed E-state index contributed by atoms with van der Waals surface area (Å²) in [5, 5.41) is 7.36. The Balaban J connectivity index is 1.92. The second-order valence-electron chi connectivity index (χ2n) is 5.03. The second-order valence-corrected chi connectivity index (χ2v) is 5.03. The highest BCUT2D eigenvalue weighted by molar-refractivity contribution is 5.57. The van der Waals surface area contributed by atoms with Crippen LogP contribution < -0.4 is 0 Å². The molecule has 0 spiro atoms. The Morgan fingerprint density at radius 1 is 1.25 bits per heavy atom. The topological polar surface area (TPSA) is 66.0 Å². The molecule has 3 rings (SSSR count). The Labute approximate surface area is 134 Å². The quantitative estimate of drug-likeness (QED) is 0.726. The predicted molar refractivity (Wildman–Crippen MR) is 77.3 cm³/mol. The van der Waals surface area contributed by atoms with Gasteiger partial charge in [0.1, 0.15) is 6.10 Å². The molecule has 0 aliphatic rings. The van der Waals surface area contributed by atoms with E-state index in [9.17, 15) is 13.2 Å². The van der Waals surface area contributed by atoms with Gasteiger partial charge >= 0.3 is 6.18 Å². The van der Waals surface area contributed by atoms with Crippen LogP contribution in [0.4, 0.5) is 13.2 Å². The minimum absolute atomic E-state index is 0.249. The Bertz CT molecular complexity index is 841. The van der Waals surface area contributed by atoms with Gasteiger partial charge in [-0.25, -0.2) is 4.68 Å². The minimum Gasteiger partial charge on any atom is -0.374 e. The average Bonchev–Trinajstić information content (AvgIpc) is 3.23. The summed E-state index contributed by atoms with van der Waals surface area (Å²) in [7, 11) is 1.53. The van der Waals surface area contributed by atoms with Crippen molar-refractivity contribution in [1.29, 1.82) is 0 Å². The van der Waals surface area contributed by atoms with Gasteiger partial charge in [0.25, 0.3) is 5.89 Å². The summed E-state index contributed by atoms with van der Waals surface area (Å²) in [6.07, 6.45) is -3.57. The van der Waals surface area contributed by atoms with Crippen molar-refractivity contribution >= 4 is 0 Å². The Kier molecular flexibility index (Phi) is 4.10. The van der Waals surface area contributed by atoms with Crippen molar-refractivity contribution in [3.8, 4) is 17.1 Å². The molecule has 0 fully saturated rings. The average molecular weight is 338 g/mol. The second kappa shape index (κ2) is 6.08. The highest BCUT2D eigenvalue weighted by atomic mass is 19.4. The van der Waals surface area contributed by atoms with Crippen molar-refractivity contribution in [2.75, 3.05) is 7.11 Å². The number of halogens is 3. The number of nitrogens with zero attached hydrogens (tertiary/aromatic N) is 4. The van der Waals surface area contributed by atoms with E-state index in [4.69, 9.17) is 9.26 Å². The van der Waals surface area contributed by atoms with Crippen molar-refractivity contribution in [2.45, 2.75) is 19.2 Å². The zero-order valence-electron chi connectivity index (χ0n) is 12.8. The maximum atomic E-state index is 12.7. The highest BCUT2D eigenvalue weighted by Crippen LogP contribution is 2.28. The van der Waals surface area contributed by atoms with Gasteiger partial charge in [-0.3, -0.25) is 0 Å². The molecule has 0 unspecified atom stereocenters. The number of hydrogen-bond donors (Lipinski definition) is 0. The maximum Gasteiger partial charge on any atom is 0.435 e. The normalized spacial score (nSPS) is 13.2. The van der Waals surface area contributed by atoms with Gasteiger partial charge in [-0.05, 0) is 31.2 Å². The van der Waals surface area contributed by atoms with Crippen LogP contribution in [0.15, 0.2) is 41.1 Å². The van der Waals surface area contributed by atoms with Crippen molar-refractivity contribution in [2.24, 2.45) is 0 Å². The number of ether oxygens (including phenoxy) is 1. The van der Waals surface area contributed by atoms with Crippen LogP contribution in [-0.2, 0) is 10.9 Å². The number of hydrogen-bond acceptors (Lipinski definition) is 5. The molecule has 0 saturated heterocycles. The summed E-state index contributed by atoms with van der Waals surface area (Å²) in [4.78, 5) is 4.22. The van der Waals surface area contributed by atoms with E-state index in [0.29, 0.717) is 17.1 Å². The molecule has 0 radical (unpaired) electrons. The SMILES string of the molecule is CO[C@@H](C)c1noc(-c2cccc(-n3ccc(C(F)(F)F)n3)c2)n1. The van der Waals surface area contributed by atoms with E-state index >= 15 is 0 Å². The van der Waals surface area contributed by atoms with Crippen LogP contribution in [-0.4, -0.2) is 27.0 Å². The number of aromatic nitrogens is 4. The molecule has 24 heavy (non-hydrogen) atoms. The summed E-state index contributed by atoms with van der Waals surface area (Å²) >= 11 is 0. The first-order valence-corrected chi connectivity index (χ1v) is 6.98. The number of rotatable bonds is 4.